The number of alkyl halides is 3. The molecule has 2 aliphatic rings. The van der Waals surface area contributed by atoms with E-state index >= 15 is 0 Å². The minimum atomic E-state index is -4.63. The number of amides is 2. The average Bonchev–Trinajstić information content (AvgIpc) is 3.86. The van der Waals surface area contributed by atoms with Crippen molar-refractivity contribution in [3.63, 3.8) is 0 Å². The Labute approximate surface area is 301 Å². The molecule has 0 spiro atoms. The molecule has 1 saturated carbocycles. The average molecular weight is 729 g/mol. The number of aromatic nitrogens is 2. The number of rotatable bonds is 9. The van der Waals surface area contributed by atoms with E-state index in [2.05, 4.69) is 4.98 Å². The molecule has 268 valence electrons. The standard InChI is InChI=1S/C39H35F3N4O5S/c1-45(21-24-12-14-29(15-13-24)51-28-9-3-2-4-10-28)35(49)26-20-32(52-23-26)38(16-17-38)37-43-31-11-6-18-46(22-30(31)34(48)44-37)36(50)33(47)25-7-5-8-27(19-25)39(40,41)42/h2-5,7-10,12-15,19-20,23,33,47H,6,11,16-18,21-22H2,1H3,(H,43,44,48)/t33-/m1/s1. The SMILES string of the molecule is CN(Cc1ccc(Oc2ccccc2)cc1)C(=O)c1csc(C2(c3nc4c(c(=O)[nH]3)CN(C(=O)[C@H](O)c3cccc(C(F)(F)F)c3)CCC4)CC2)c1. The third kappa shape index (κ3) is 7.24. The van der Waals surface area contributed by atoms with Gasteiger partial charge in [-0.3, -0.25) is 14.4 Å². The fourth-order valence-electron chi connectivity index (χ4n) is 6.51. The molecule has 0 radical (unpaired) electrons. The predicted molar refractivity (Wildman–Crippen MR) is 188 cm³/mol. The zero-order chi connectivity index (χ0) is 36.6. The van der Waals surface area contributed by atoms with Gasteiger partial charge in [0.1, 0.15) is 17.3 Å². The van der Waals surface area contributed by atoms with E-state index in [9.17, 15) is 32.7 Å². The van der Waals surface area contributed by atoms with E-state index in [-0.39, 0.29) is 30.1 Å². The van der Waals surface area contributed by atoms with E-state index in [1.165, 1.54) is 22.3 Å². The number of hydrogen-bond acceptors (Lipinski definition) is 7. The normalized spacial score (nSPS) is 15.7. The van der Waals surface area contributed by atoms with Gasteiger partial charge in [-0.25, -0.2) is 4.98 Å². The van der Waals surface area contributed by atoms with E-state index in [1.807, 2.05) is 66.0 Å². The van der Waals surface area contributed by atoms with Crippen LogP contribution in [0.3, 0.4) is 0 Å². The third-order valence-electron chi connectivity index (χ3n) is 9.56. The number of para-hydroxylation sites is 1. The second kappa shape index (κ2) is 14.0. The number of H-pyrrole nitrogens is 1. The van der Waals surface area contributed by atoms with E-state index in [4.69, 9.17) is 9.72 Å². The van der Waals surface area contributed by atoms with Crippen molar-refractivity contribution < 1.29 is 32.6 Å². The van der Waals surface area contributed by atoms with Gasteiger partial charge in [-0.15, -0.1) is 11.3 Å². The molecule has 0 bridgehead atoms. The Morgan fingerprint density at radius 2 is 1.77 bits per heavy atom. The first-order chi connectivity index (χ1) is 24.9. The first kappa shape index (κ1) is 35.1. The maximum atomic E-state index is 13.5. The summed E-state index contributed by atoms with van der Waals surface area (Å²) >= 11 is 1.45. The smallest absolute Gasteiger partial charge is 0.416 e. The largest absolute Gasteiger partial charge is 0.457 e. The summed E-state index contributed by atoms with van der Waals surface area (Å²) in [5, 5.41) is 12.6. The molecule has 1 aliphatic carbocycles. The summed E-state index contributed by atoms with van der Waals surface area (Å²) in [6, 6.07) is 23.0. The highest BCUT2D eigenvalue weighted by Gasteiger charge is 2.50. The Hall–Kier alpha value is -5.27. The van der Waals surface area contributed by atoms with Crippen LogP contribution in [0.2, 0.25) is 0 Å². The number of carbonyl (C=O) groups excluding carboxylic acids is 2. The molecule has 3 aromatic carbocycles. The molecular weight excluding hydrogens is 694 g/mol. The van der Waals surface area contributed by atoms with Crippen molar-refractivity contribution in [2.45, 2.75) is 56.5 Å². The number of aromatic amines is 1. The van der Waals surface area contributed by atoms with Gasteiger partial charge >= 0.3 is 6.18 Å². The van der Waals surface area contributed by atoms with Crippen molar-refractivity contribution >= 4 is 23.2 Å². The van der Waals surface area contributed by atoms with Crippen molar-refractivity contribution in [1.82, 2.24) is 19.8 Å². The highest BCUT2D eigenvalue weighted by molar-refractivity contribution is 7.10. The molecule has 2 N–H and O–H groups in total. The number of ether oxygens (including phenoxy) is 1. The summed E-state index contributed by atoms with van der Waals surface area (Å²) < 4.78 is 45.6. The number of carbonyl (C=O) groups is 2. The molecule has 1 aliphatic heterocycles. The molecule has 52 heavy (non-hydrogen) atoms. The number of aliphatic hydroxyl groups excluding tert-OH is 1. The lowest BCUT2D eigenvalue weighted by Gasteiger charge is -2.24. The summed E-state index contributed by atoms with van der Waals surface area (Å²) in [5.74, 6) is 1.02. The van der Waals surface area contributed by atoms with Crippen molar-refractivity contribution in [2.75, 3.05) is 13.6 Å². The van der Waals surface area contributed by atoms with Gasteiger partial charge in [0.2, 0.25) is 0 Å². The zero-order valence-electron chi connectivity index (χ0n) is 28.2. The molecule has 13 heteroatoms. The minimum absolute atomic E-state index is 0.132. The van der Waals surface area contributed by atoms with Crippen LogP contribution in [0, 0.1) is 0 Å². The fraction of sp³-hybridized carbons (Fsp3) is 0.282. The summed E-state index contributed by atoms with van der Waals surface area (Å²) in [6.45, 7) is 0.462. The van der Waals surface area contributed by atoms with Gasteiger partial charge in [0, 0.05) is 30.4 Å². The molecule has 2 amide bonds. The maximum absolute atomic E-state index is 13.5. The van der Waals surface area contributed by atoms with Crippen LogP contribution in [0.25, 0.3) is 0 Å². The lowest BCUT2D eigenvalue weighted by Crippen LogP contribution is -2.36. The summed E-state index contributed by atoms with van der Waals surface area (Å²) in [4.78, 5) is 51.9. The number of hydrogen-bond donors (Lipinski definition) is 2. The van der Waals surface area contributed by atoms with Gasteiger partial charge in [0.25, 0.3) is 17.4 Å². The van der Waals surface area contributed by atoms with Crippen molar-refractivity contribution in [3.8, 4) is 11.5 Å². The molecule has 5 aromatic rings. The number of fused-ring (bicyclic) bond motifs is 1. The summed E-state index contributed by atoms with van der Waals surface area (Å²) in [5.41, 5.74) is 0.230. The highest BCUT2D eigenvalue weighted by Crippen LogP contribution is 2.54. The van der Waals surface area contributed by atoms with Crippen LogP contribution < -0.4 is 10.3 Å². The number of aliphatic hydroxyl groups is 1. The Morgan fingerprint density at radius 1 is 1.04 bits per heavy atom. The van der Waals surface area contributed by atoms with Crippen LogP contribution in [0.15, 0.2) is 95.1 Å². The highest BCUT2D eigenvalue weighted by atomic mass is 32.1. The Kier molecular flexibility index (Phi) is 9.49. The predicted octanol–water partition coefficient (Wildman–Crippen LogP) is 7.00. The number of halogens is 3. The molecule has 7 rings (SSSR count). The van der Waals surface area contributed by atoms with Gasteiger partial charge in [0.15, 0.2) is 6.10 Å². The number of thiophene rings is 1. The number of nitrogens with zero attached hydrogens (tertiary/aromatic N) is 3. The Morgan fingerprint density at radius 3 is 2.48 bits per heavy atom. The lowest BCUT2D eigenvalue weighted by molar-refractivity contribution is -0.142. The number of nitrogens with one attached hydrogen (secondary N) is 1. The van der Waals surface area contributed by atoms with Gasteiger partial charge in [-0.05, 0) is 79.3 Å². The van der Waals surface area contributed by atoms with Crippen molar-refractivity contribution in [3.05, 3.63) is 145 Å². The summed E-state index contributed by atoms with van der Waals surface area (Å²) in [6.07, 6.45) is -4.11. The van der Waals surface area contributed by atoms with Crippen LogP contribution in [0.4, 0.5) is 13.2 Å². The number of benzene rings is 3. The minimum Gasteiger partial charge on any atom is -0.457 e. The van der Waals surface area contributed by atoms with E-state index in [1.54, 1.807) is 11.9 Å². The molecule has 2 aromatic heterocycles. The van der Waals surface area contributed by atoms with Crippen LogP contribution in [-0.2, 0) is 35.9 Å². The summed E-state index contributed by atoms with van der Waals surface area (Å²) in [7, 11) is 1.75. The van der Waals surface area contributed by atoms with Gasteiger partial charge in [0.05, 0.1) is 34.3 Å². The quantitative estimate of drug-likeness (QED) is 0.169. The first-order valence-electron chi connectivity index (χ1n) is 16.8. The monoisotopic (exact) mass is 728 g/mol. The van der Waals surface area contributed by atoms with E-state index in [0.29, 0.717) is 42.2 Å². The van der Waals surface area contributed by atoms with E-state index in [0.717, 1.165) is 47.2 Å². The molecule has 1 atom stereocenters. The van der Waals surface area contributed by atoms with Crippen molar-refractivity contribution in [1.29, 1.82) is 0 Å². The topological polar surface area (TPSA) is 116 Å². The first-order valence-corrected chi connectivity index (χ1v) is 17.7. The lowest BCUT2D eigenvalue weighted by atomic mass is 10.0. The van der Waals surface area contributed by atoms with Gasteiger partial charge in [-0.1, -0.05) is 42.5 Å². The second-order valence-corrected chi connectivity index (χ2v) is 14.1. The molecular formula is C39H35F3N4O5S. The third-order valence-corrected chi connectivity index (χ3v) is 10.7. The molecule has 0 unspecified atom stereocenters. The van der Waals surface area contributed by atoms with Crippen LogP contribution >= 0.6 is 11.3 Å². The zero-order valence-corrected chi connectivity index (χ0v) is 29.0. The van der Waals surface area contributed by atoms with Crippen LogP contribution in [0.5, 0.6) is 11.5 Å². The Bertz CT molecular complexity index is 2160. The molecule has 0 saturated heterocycles. The molecule has 1 fully saturated rings. The van der Waals surface area contributed by atoms with Gasteiger partial charge in [-0.2, -0.15) is 13.2 Å². The Balaban J connectivity index is 1.03. The second-order valence-electron chi connectivity index (χ2n) is 13.2. The maximum Gasteiger partial charge on any atom is 0.416 e. The van der Waals surface area contributed by atoms with Crippen LogP contribution in [-0.4, -0.2) is 50.3 Å². The van der Waals surface area contributed by atoms with Crippen molar-refractivity contribution in [2.24, 2.45) is 0 Å². The number of aryl methyl sites for hydroxylation is 1. The van der Waals surface area contributed by atoms with Crippen LogP contribution in [0.1, 0.15) is 74.4 Å². The van der Waals surface area contributed by atoms with Gasteiger partial charge < -0.3 is 24.6 Å². The molecule has 3 heterocycles. The van der Waals surface area contributed by atoms with E-state index < -0.39 is 34.7 Å². The fourth-order valence-corrected chi connectivity index (χ4v) is 7.66. The molecule has 9 nitrogen and oxygen atoms in total.